The van der Waals surface area contributed by atoms with Gasteiger partial charge in [0.15, 0.2) is 0 Å². The maximum atomic E-state index is 6.16. The molecule has 3 heteroatoms. The molecule has 0 aliphatic carbocycles. The van der Waals surface area contributed by atoms with E-state index in [1.54, 1.807) is 0 Å². The molecule has 0 saturated heterocycles. The van der Waals surface area contributed by atoms with Crippen molar-refractivity contribution >= 4 is 23.1 Å². The third-order valence-corrected chi connectivity index (χ3v) is 4.91. The van der Waals surface area contributed by atoms with Crippen LogP contribution in [0.1, 0.15) is 16.9 Å². The summed E-state index contributed by atoms with van der Waals surface area (Å²) in [5.41, 5.74) is 7.47. The standard InChI is InChI=1S/C15H19NS2/c1-12-4-2-5-15(10-12)18-11-13(16)7-8-14-6-3-9-17-14/h2-6,9-10,13H,7-8,11,16H2,1H3. The SMILES string of the molecule is Cc1cccc(SCC(N)CCc2cccs2)c1. The van der Waals surface area contributed by atoms with Crippen molar-refractivity contribution in [2.45, 2.75) is 30.7 Å². The number of hydrogen-bond acceptors (Lipinski definition) is 3. The Morgan fingerprint density at radius 3 is 2.89 bits per heavy atom. The summed E-state index contributed by atoms with van der Waals surface area (Å²) in [5.74, 6) is 0.995. The van der Waals surface area contributed by atoms with Crippen LogP contribution in [-0.4, -0.2) is 11.8 Å². The second kappa shape index (κ2) is 6.98. The molecule has 0 bridgehead atoms. The molecule has 0 aliphatic rings. The Balaban J connectivity index is 1.73. The Labute approximate surface area is 117 Å². The Bertz CT molecular complexity index is 465. The van der Waals surface area contributed by atoms with Gasteiger partial charge in [0.1, 0.15) is 0 Å². The van der Waals surface area contributed by atoms with Crippen LogP contribution in [-0.2, 0) is 6.42 Å². The van der Waals surface area contributed by atoms with Gasteiger partial charge in [0.25, 0.3) is 0 Å². The van der Waals surface area contributed by atoms with E-state index in [4.69, 9.17) is 5.73 Å². The van der Waals surface area contributed by atoms with E-state index in [0.717, 1.165) is 18.6 Å². The van der Waals surface area contributed by atoms with Gasteiger partial charge >= 0.3 is 0 Å². The van der Waals surface area contributed by atoms with E-state index in [-0.39, 0.29) is 6.04 Å². The van der Waals surface area contributed by atoms with E-state index in [9.17, 15) is 0 Å². The lowest BCUT2D eigenvalue weighted by molar-refractivity contribution is 0.679. The highest BCUT2D eigenvalue weighted by atomic mass is 32.2. The van der Waals surface area contributed by atoms with Crippen molar-refractivity contribution in [2.24, 2.45) is 5.73 Å². The van der Waals surface area contributed by atoms with Crippen molar-refractivity contribution in [2.75, 3.05) is 5.75 Å². The molecule has 2 N–H and O–H groups in total. The van der Waals surface area contributed by atoms with Crippen LogP contribution >= 0.6 is 23.1 Å². The van der Waals surface area contributed by atoms with Crippen LogP contribution in [0.4, 0.5) is 0 Å². The Kier molecular flexibility index (Phi) is 5.29. The predicted molar refractivity (Wildman–Crippen MR) is 82.5 cm³/mol. The second-order valence-corrected chi connectivity index (χ2v) is 6.63. The van der Waals surface area contributed by atoms with Gasteiger partial charge in [-0.1, -0.05) is 23.8 Å². The molecule has 0 amide bonds. The largest absolute Gasteiger partial charge is 0.327 e. The zero-order chi connectivity index (χ0) is 12.8. The van der Waals surface area contributed by atoms with Gasteiger partial charge in [-0.2, -0.15) is 0 Å². The van der Waals surface area contributed by atoms with Gasteiger partial charge in [-0.15, -0.1) is 23.1 Å². The third-order valence-electron chi connectivity index (χ3n) is 2.80. The molecule has 0 aliphatic heterocycles. The maximum absolute atomic E-state index is 6.16. The van der Waals surface area contributed by atoms with Crippen molar-refractivity contribution < 1.29 is 0 Å². The van der Waals surface area contributed by atoms with Gasteiger partial charge in [-0.3, -0.25) is 0 Å². The number of thioether (sulfide) groups is 1. The summed E-state index contributed by atoms with van der Waals surface area (Å²) in [4.78, 5) is 2.76. The predicted octanol–water partition coefficient (Wildman–Crippen LogP) is 4.11. The van der Waals surface area contributed by atoms with E-state index in [1.165, 1.54) is 15.3 Å². The quantitative estimate of drug-likeness (QED) is 0.804. The molecular formula is C15H19NS2. The van der Waals surface area contributed by atoms with E-state index >= 15 is 0 Å². The smallest absolute Gasteiger partial charge is 0.0137 e. The molecule has 0 radical (unpaired) electrons. The summed E-state index contributed by atoms with van der Waals surface area (Å²) in [6.07, 6.45) is 2.17. The van der Waals surface area contributed by atoms with Crippen molar-refractivity contribution in [3.05, 3.63) is 52.2 Å². The number of nitrogens with two attached hydrogens (primary N) is 1. The monoisotopic (exact) mass is 277 g/mol. The molecule has 1 unspecified atom stereocenters. The van der Waals surface area contributed by atoms with Gasteiger partial charge in [0.05, 0.1) is 0 Å². The summed E-state index contributed by atoms with van der Waals surface area (Å²) in [5, 5.41) is 2.13. The first-order valence-corrected chi connectivity index (χ1v) is 8.08. The van der Waals surface area contributed by atoms with Crippen molar-refractivity contribution in [3.8, 4) is 0 Å². The van der Waals surface area contributed by atoms with E-state index < -0.39 is 0 Å². The summed E-state index contributed by atoms with van der Waals surface area (Å²) < 4.78 is 0. The highest BCUT2D eigenvalue weighted by Gasteiger charge is 2.05. The van der Waals surface area contributed by atoms with E-state index in [2.05, 4.69) is 48.7 Å². The van der Waals surface area contributed by atoms with Crippen LogP contribution in [0.2, 0.25) is 0 Å². The molecule has 1 nitrogen and oxygen atoms in total. The Morgan fingerprint density at radius 1 is 1.28 bits per heavy atom. The van der Waals surface area contributed by atoms with Crippen molar-refractivity contribution in [1.82, 2.24) is 0 Å². The topological polar surface area (TPSA) is 26.0 Å². The lowest BCUT2D eigenvalue weighted by atomic mass is 10.2. The summed E-state index contributed by atoms with van der Waals surface area (Å²) in [6, 6.07) is 13.2. The fourth-order valence-electron chi connectivity index (χ4n) is 1.77. The minimum atomic E-state index is 0.276. The fraction of sp³-hybridized carbons (Fsp3) is 0.333. The zero-order valence-electron chi connectivity index (χ0n) is 10.6. The van der Waals surface area contributed by atoms with Gasteiger partial charge in [0.2, 0.25) is 0 Å². The number of rotatable bonds is 6. The minimum absolute atomic E-state index is 0.276. The molecule has 1 aromatic carbocycles. The van der Waals surface area contributed by atoms with Crippen LogP contribution in [0.25, 0.3) is 0 Å². The van der Waals surface area contributed by atoms with Gasteiger partial charge in [0, 0.05) is 21.6 Å². The Morgan fingerprint density at radius 2 is 2.17 bits per heavy atom. The third kappa shape index (κ3) is 4.48. The van der Waals surface area contributed by atoms with E-state index in [1.807, 2.05) is 23.1 Å². The number of hydrogen-bond donors (Lipinski definition) is 1. The van der Waals surface area contributed by atoms with Crippen LogP contribution < -0.4 is 5.73 Å². The fourth-order valence-corrected chi connectivity index (χ4v) is 3.52. The van der Waals surface area contributed by atoms with Gasteiger partial charge in [-0.05, 0) is 43.3 Å². The summed E-state index contributed by atoms with van der Waals surface area (Å²) in [6.45, 7) is 2.13. The first-order chi connectivity index (χ1) is 8.74. The number of thiophene rings is 1. The molecule has 96 valence electrons. The second-order valence-electron chi connectivity index (χ2n) is 4.51. The van der Waals surface area contributed by atoms with Crippen LogP contribution in [0, 0.1) is 6.92 Å². The molecule has 1 atom stereocenters. The van der Waals surface area contributed by atoms with E-state index in [0.29, 0.717) is 0 Å². The highest BCUT2D eigenvalue weighted by molar-refractivity contribution is 7.99. The molecule has 18 heavy (non-hydrogen) atoms. The molecule has 1 aromatic heterocycles. The maximum Gasteiger partial charge on any atom is 0.0137 e. The molecule has 0 spiro atoms. The molecule has 2 rings (SSSR count). The number of aryl methyl sites for hydroxylation is 2. The number of benzene rings is 1. The molecule has 1 heterocycles. The lowest BCUT2D eigenvalue weighted by Crippen LogP contribution is -2.23. The zero-order valence-corrected chi connectivity index (χ0v) is 12.3. The molecule has 0 saturated carbocycles. The molecule has 2 aromatic rings. The first kappa shape index (κ1) is 13.7. The van der Waals surface area contributed by atoms with Crippen molar-refractivity contribution in [3.63, 3.8) is 0 Å². The van der Waals surface area contributed by atoms with Gasteiger partial charge < -0.3 is 5.73 Å². The lowest BCUT2D eigenvalue weighted by Gasteiger charge is -2.10. The Hall–Kier alpha value is -0.770. The average Bonchev–Trinajstić information content (AvgIpc) is 2.87. The van der Waals surface area contributed by atoms with Crippen molar-refractivity contribution in [1.29, 1.82) is 0 Å². The first-order valence-electron chi connectivity index (χ1n) is 6.21. The summed E-state index contributed by atoms with van der Waals surface area (Å²) in [7, 11) is 0. The van der Waals surface area contributed by atoms with Gasteiger partial charge in [-0.25, -0.2) is 0 Å². The highest BCUT2D eigenvalue weighted by Crippen LogP contribution is 2.20. The summed E-state index contributed by atoms with van der Waals surface area (Å²) >= 11 is 3.68. The van der Waals surface area contributed by atoms with Crippen LogP contribution in [0.3, 0.4) is 0 Å². The molecular weight excluding hydrogens is 258 g/mol. The normalized spacial score (nSPS) is 12.6. The van der Waals surface area contributed by atoms with Crippen LogP contribution in [0.5, 0.6) is 0 Å². The average molecular weight is 277 g/mol. The minimum Gasteiger partial charge on any atom is -0.327 e. The molecule has 0 fully saturated rings. The van der Waals surface area contributed by atoms with Crippen LogP contribution in [0.15, 0.2) is 46.7 Å².